The molecule has 1 nitrogen and oxygen atoms in total. The number of rotatable bonds is 4. The van der Waals surface area contributed by atoms with Crippen LogP contribution >= 0.6 is 11.6 Å². The quantitative estimate of drug-likeness (QED) is 0.823. The van der Waals surface area contributed by atoms with Gasteiger partial charge in [0, 0.05) is 11.1 Å². The summed E-state index contributed by atoms with van der Waals surface area (Å²) in [7, 11) is 2.07. The Morgan fingerprint density at radius 3 is 2.89 bits per heavy atom. The van der Waals surface area contributed by atoms with Crippen LogP contribution in [0.25, 0.3) is 0 Å². The van der Waals surface area contributed by atoms with Crippen LogP contribution in [0.15, 0.2) is 24.3 Å². The summed E-state index contributed by atoms with van der Waals surface area (Å²) in [5.41, 5.74) is 1.34. The van der Waals surface area contributed by atoms with Gasteiger partial charge in [0.15, 0.2) is 0 Å². The van der Waals surface area contributed by atoms with Gasteiger partial charge in [0.25, 0.3) is 0 Å². The highest BCUT2D eigenvalue weighted by molar-refractivity contribution is 6.30. The van der Waals surface area contributed by atoms with E-state index in [-0.39, 0.29) is 0 Å². The Morgan fingerprint density at radius 2 is 2.22 bits per heavy atom. The molecule has 2 heteroatoms. The van der Waals surface area contributed by atoms with Crippen molar-refractivity contribution in [2.75, 3.05) is 7.05 Å². The molecule has 1 aromatic rings. The average Bonchev–Trinajstić information content (AvgIpc) is 2.40. The standard InChI is InChI=1S/C16H24ClN/c1-3-12-6-4-7-13(10-12)16(18-2)14-8-5-9-15(17)11-14/h5,8-9,11-13,16,18H,3-4,6-7,10H2,1-2H3. The second-order valence-electron chi connectivity index (χ2n) is 5.52. The Bertz CT molecular complexity index is 377. The summed E-state index contributed by atoms with van der Waals surface area (Å²) < 4.78 is 0. The van der Waals surface area contributed by atoms with Crippen LogP contribution in [0, 0.1) is 11.8 Å². The predicted molar refractivity (Wildman–Crippen MR) is 79.0 cm³/mol. The first-order valence-corrected chi connectivity index (χ1v) is 7.55. The van der Waals surface area contributed by atoms with Crippen LogP contribution in [0.2, 0.25) is 5.02 Å². The first-order valence-electron chi connectivity index (χ1n) is 7.17. The Balaban J connectivity index is 2.12. The molecule has 1 aliphatic carbocycles. The zero-order chi connectivity index (χ0) is 13.0. The monoisotopic (exact) mass is 265 g/mol. The maximum absolute atomic E-state index is 6.11. The van der Waals surface area contributed by atoms with Crippen molar-refractivity contribution < 1.29 is 0 Å². The van der Waals surface area contributed by atoms with Gasteiger partial charge in [-0.25, -0.2) is 0 Å². The third-order valence-corrected chi connectivity index (χ3v) is 4.63. The van der Waals surface area contributed by atoms with Gasteiger partial charge >= 0.3 is 0 Å². The second kappa shape index (κ2) is 6.58. The van der Waals surface area contributed by atoms with Gasteiger partial charge in [0.05, 0.1) is 0 Å². The molecule has 0 saturated heterocycles. The Morgan fingerprint density at radius 1 is 1.39 bits per heavy atom. The van der Waals surface area contributed by atoms with E-state index >= 15 is 0 Å². The van der Waals surface area contributed by atoms with E-state index < -0.39 is 0 Å². The van der Waals surface area contributed by atoms with Crippen LogP contribution in [0.5, 0.6) is 0 Å². The molecule has 2 rings (SSSR count). The van der Waals surface area contributed by atoms with Crippen LogP contribution in [0.3, 0.4) is 0 Å². The largest absolute Gasteiger partial charge is 0.313 e. The molecule has 1 N–H and O–H groups in total. The maximum atomic E-state index is 6.11. The number of nitrogens with one attached hydrogen (secondary N) is 1. The molecule has 0 bridgehead atoms. The van der Waals surface area contributed by atoms with Crippen LogP contribution in [-0.4, -0.2) is 7.05 Å². The maximum Gasteiger partial charge on any atom is 0.0409 e. The third kappa shape index (κ3) is 3.27. The summed E-state index contributed by atoms with van der Waals surface area (Å²) in [5, 5.41) is 4.34. The molecule has 3 unspecified atom stereocenters. The van der Waals surface area contributed by atoms with Crippen molar-refractivity contribution in [1.82, 2.24) is 5.32 Å². The molecule has 1 aromatic carbocycles. The molecule has 18 heavy (non-hydrogen) atoms. The van der Waals surface area contributed by atoms with Crippen LogP contribution < -0.4 is 5.32 Å². The SMILES string of the molecule is CCC1CCCC(C(NC)c2cccc(Cl)c2)C1. The summed E-state index contributed by atoms with van der Waals surface area (Å²) in [4.78, 5) is 0. The van der Waals surface area contributed by atoms with Gasteiger partial charge in [-0.1, -0.05) is 49.9 Å². The summed E-state index contributed by atoms with van der Waals surface area (Å²) in [6.07, 6.45) is 6.81. The first kappa shape index (κ1) is 13.9. The summed E-state index contributed by atoms with van der Waals surface area (Å²) in [6.45, 7) is 2.32. The lowest BCUT2D eigenvalue weighted by Crippen LogP contribution is -2.29. The van der Waals surface area contributed by atoms with E-state index in [1.807, 2.05) is 6.07 Å². The van der Waals surface area contributed by atoms with E-state index in [2.05, 4.69) is 37.5 Å². The van der Waals surface area contributed by atoms with E-state index in [1.54, 1.807) is 0 Å². The van der Waals surface area contributed by atoms with Crippen molar-refractivity contribution in [1.29, 1.82) is 0 Å². The van der Waals surface area contributed by atoms with Gasteiger partial charge in [-0.05, 0) is 49.4 Å². The molecule has 0 aliphatic heterocycles. The minimum Gasteiger partial charge on any atom is -0.313 e. The Labute approximate surface area is 116 Å². The van der Waals surface area contributed by atoms with Gasteiger partial charge in [-0.15, -0.1) is 0 Å². The first-order chi connectivity index (χ1) is 8.74. The zero-order valence-electron chi connectivity index (χ0n) is 11.5. The summed E-state index contributed by atoms with van der Waals surface area (Å²) >= 11 is 6.11. The molecule has 1 aliphatic rings. The smallest absolute Gasteiger partial charge is 0.0409 e. The fraction of sp³-hybridized carbons (Fsp3) is 0.625. The van der Waals surface area contributed by atoms with Gasteiger partial charge < -0.3 is 5.32 Å². The predicted octanol–water partition coefficient (Wildman–Crippen LogP) is 4.82. The molecule has 1 saturated carbocycles. The molecular formula is C16H24ClN. The van der Waals surface area contributed by atoms with Crippen molar-refractivity contribution in [3.8, 4) is 0 Å². The van der Waals surface area contributed by atoms with E-state index in [1.165, 1.54) is 37.7 Å². The van der Waals surface area contributed by atoms with Gasteiger partial charge in [0.1, 0.15) is 0 Å². The molecule has 1 fully saturated rings. The topological polar surface area (TPSA) is 12.0 Å². The van der Waals surface area contributed by atoms with Crippen molar-refractivity contribution >= 4 is 11.6 Å². The molecule has 0 heterocycles. The van der Waals surface area contributed by atoms with E-state index in [4.69, 9.17) is 11.6 Å². The van der Waals surface area contributed by atoms with E-state index in [0.29, 0.717) is 6.04 Å². The number of benzene rings is 1. The van der Waals surface area contributed by atoms with Crippen LogP contribution in [0.4, 0.5) is 0 Å². The molecule has 0 aromatic heterocycles. The lowest BCUT2D eigenvalue weighted by Gasteiger charge is -2.34. The van der Waals surface area contributed by atoms with Crippen LogP contribution in [0.1, 0.15) is 50.6 Å². The van der Waals surface area contributed by atoms with Gasteiger partial charge in [-0.2, -0.15) is 0 Å². The molecule has 3 atom stereocenters. The summed E-state index contributed by atoms with van der Waals surface area (Å²) in [5.74, 6) is 1.67. The molecule has 0 radical (unpaired) electrons. The highest BCUT2D eigenvalue weighted by atomic mass is 35.5. The Hall–Kier alpha value is -0.530. The van der Waals surface area contributed by atoms with Crippen LogP contribution in [-0.2, 0) is 0 Å². The molecular weight excluding hydrogens is 242 g/mol. The molecule has 0 amide bonds. The van der Waals surface area contributed by atoms with E-state index in [0.717, 1.165) is 16.9 Å². The van der Waals surface area contributed by atoms with Gasteiger partial charge in [0.2, 0.25) is 0 Å². The fourth-order valence-corrected chi connectivity index (χ4v) is 3.58. The number of halogens is 1. The van der Waals surface area contributed by atoms with Crippen molar-refractivity contribution in [2.45, 2.75) is 45.1 Å². The zero-order valence-corrected chi connectivity index (χ0v) is 12.2. The number of hydrogen-bond donors (Lipinski definition) is 1. The highest BCUT2D eigenvalue weighted by Crippen LogP contribution is 2.38. The molecule has 0 spiro atoms. The van der Waals surface area contributed by atoms with Gasteiger partial charge in [-0.3, -0.25) is 0 Å². The second-order valence-corrected chi connectivity index (χ2v) is 5.96. The van der Waals surface area contributed by atoms with Crippen molar-refractivity contribution in [3.05, 3.63) is 34.9 Å². The lowest BCUT2D eigenvalue weighted by atomic mass is 9.75. The normalized spacial score (nSPS) is 25.9. The minimum absolute atomic E-state index is 0.457. The van der Waals surface area contributed by atoms with Crippen molar-refractivity contribution in [2.24, 2.45) is 11.8 Å². The Kier molecular flexibility index (Phi) is 5.08. The molecule has 100 valence electrons. The van der Waals surface area contributed by atoms with Crippen molar-refractivity contribution in [3.63, 3.8) is 0 Å². The fourth-order valence-electron chi connectivity index (χ4n) is 3.38. The number of hydrogen-bond acceptors (Lipinski definition) is 1. The lowest BCUT2D eigenvalue weighted by molar-refractivity contribution is 0.214. The summed E-state index contributed by atoms with van der Waals surface area (Å²) in [6, 6.07) is 8.77. The average molecular weight is 266 g/mol. The third-order valence-electron chi connectivity index (χ3n) is 4.39. The van der Waals surface area contributed by atoms with E-state index in [9.17, 15) is 0 Å². The minimum atomic E-state index is 0.457. The highest BCUT2D eigenvalue weighted by Gasteiger charge is 2.27.